The Morgan fingerprint density at radius 3 is 2.52 bits per heavy atom. The second-order valence-corrected chi connectivity index (χ2v) is 4.77. The Morgan fingerprint density at radius 2 is 1.90 bits per heavy atom. The van der Waals surface area contributed by atoms with Crippen LogP contribution in [0.2, 0.25) is 5.02 Å². The number of alkyl halides is 3. The molecule has 0 aliphatic carbocycles. The molecule has 0 radical (unpaired) electrons. The summed E-state index contributed by atoms with van der Waals surface area (Å²) in [6, 6.07) is 8.08. The van der Waals surface area contributed by atoms with E-state index in [1.54, 1.807) is 24.3 Å². The standard InChI is InChI=1S/C14H13ClF3N3/c1-2-7-19-12-8-11(9-5-3-4-6-10(9)15)20-13(21-12)14(16,17)18/h3-6,8H,2,7H2,1H3,(H,19,20,21). The van der Waals surface area contributed by atoms with Crippen molar-refractivity contribution in [1.29, 1.82) is 0 Å². The summed E-state index contributed by atoms with van der Waals surface area (Å²) in [5.74, 6) is -1.05. The Kier molecular flexibility index (Phi) is 4.67. The number of aromatic nitrogens is 2. The normalized spacial score (nSPS) is 11.5. The molecule has 0 saturated carbocycles. The first-order valence-corrected chi connectivity index (χ1v) is 6.74. The number of benzene rings is 1. The highest BCUT2D eigenvalue weighted by molar-refractivity contribution is 6.33. The molecule has 7 heteroatoms. The molecular formula is C14H13ClF3N3. The molecule has 0 aliphatic rings. The molecule has 0 bridgehead atoms. The van der Waals surface area contributed by atoms with Crippen molar-refractivity contribution in [1.82, 2.24) is 9.97 Å². The Bertz CT molecular complexity index is 629. The van der Waals surface area contributed by atoms with Crippen LogP contribution in [0.15, 0.2) is 30.3 Å². The Balaban J connectivity index is 2.52. The molecule has 0 unspecified atom stereocenters. The monoisotopic (exact) mass is 315 g/mol. The molecule has 1 heterocycles. The van der Waals surface area contributed by atoms with Gasteiger partial charge in [-0.2, -0.15) is 13.2 Å². The van der Waals surface area contributed by atoms with Gasteiger partial charge < -0.3 is 5.32 Å². The molecule has 2 aromatic rings. The smallest absolute Gasteiger partial charge is 0.370 e. The predicted octanol–water partition coefficient (Wildman–Crippen LogP) is 4.64. The van der Waals surface area contributed by atoms with Gasteiger partial charge in [-0.3, -0.25) is 0 Å². The molecule has 21 heavy (non-hydrogen) atoms. The number of nitrogens with zero attached hydrogens (tertiary/aromatic N) is 2. The highest BCUT2D eigenvalue weighted by atomic mass is 35.5. The van der Waals surface area contributed by atoms with Gasteiger partial charge in [0.2, 0.25) is 5.82 Å². The third kappa shape index (κ3) is 3.85. The van der Waals surface area contributed by atoms with Crippen molar-refractivity contribution < 1.29 is 13.2 Å². The third-order valence-electron chi connectivity index (χ3n) is 2.69. The van der Waals surface area contributed by atoms with Crippen molar-refractivity contribution in [2.75, 3.05) is 11.9 Å². The second-order valence-electron chi connectivity index (χ2n) is 4.37. The number of anilines is 1. The fourth-order valence-electron chi connectivity index (χ4n) is 1.72. The summed E-state index contributed by atoms with van der Waals surface area (Å²) in [6.45, 7) is 2.43. The maximum atomic E-state index is 12.9. The molecule has 1 aromatic heterocycles. The minimum Gasteiger partial charge on any atom is -0.370 e. The number of hydrogen-bond donors (Lipinski definition) is 1. The first-order chi connectivity index (χ1) is 9.91. The van der Waals surface area contributed by atoms with Crippen molar-refractivity contribution in [2.24, 2.45) is 0 Å². The Labute approximate surface area is 125 Å². The van der Waals surface area contributed by atoms with E-state index in [0.717, 1.165) is 6.42 Å². The van der Waals surface area contributed by atoms with Gasteiger partial charge in [-0.15, -0.1) is 0 Å². The molecule has 0 amide bonds. The summed E-state index contributed by atoms with van der Waals surface area (Å²) in [4.78, 5) is 7.09. The van der Waals surface area contributed by atoms with Crippen molar-refractivity contribution in [2.45, 2.75) is 19.5 Å². The van der Waals surface area contributed by atoms with Crippen LogP contribution in [-0.2, 0) is 6.18 Å². The average Bonchev–Trinajstić information content (AvgIpc) is 2.44. The number of nitrogens with one attached hydrogen (secondary N) is 1. The number of halogens is 4. The zero-order valence-electron chi connectivity index (χ0n) is 11.2. The van der Waals surface area contributed by atoms with Gasteiger partial charge >= 0.3 is 6.18 Å². The molecule has 0 aliphatic heterocycles. The zero-order chi connectivity index (χ0) is 15.5. The van der Waals surface area contributed by atoms with Gasteiger partial charge in [0.1, 0.15) is 5.82 Å². The lowest BCUT2D eigenvalue weighted by molar-refractivity contribution is -0.144. The first-order valence-electron chi connectivity index (χ1n) is 6.37. The highest BCUT2D eigenvalue weighted by Crippen LogP contribution is 2.32. The summed E-state index contributed by atoms with van der Waals surface area (Å²) < 4.78 is 38.7. The lowest BCUT2D eigenvalue weighted by atomic mass is 10.1. The van der Waals surface area contributed by atoms with Crippen LogP contribution in [0.25, 0.3) is 11.3 Å². The maximum absolute atomic E-state index is 12.9. The van der Waals surface area contributed by atoms with E-state index in [0.29, 0.717) is 17.1 Å². The minimum absolute atomic E-state index is 0.133. The van der Waals surface area contributed by atoms with Crippen molar-refractivity contribution >= 4 is 17.4 Å². The second kappa shape index (κ2) is 6.30. The summed E-state index contributed by atoms with van der Waals surface area (Å²) in [5, 5.41) is 3.18. The SMILES string of the molecule is CCCNc1cc(-c2ccccc2Cl)nc(C(F)(F)F)n1. The van der Waals surface area contributed by atoms with Crippen LogP contribution in [-0.4, -0.2) is 16.5 Å². The lowest BCUT2D eigenvalue weighted by Crippen LogP contribution is -2.14. The van der Waals surface area contributed by atoms with Crippen LogP contribution in [0, 0.1) is 0 Å². The molecule has 1 aromatic carbocycles. The summed E-state index contributed by atoms with van der Waals surface area (Å²) >= 11 is 6.02. The summed E-state index contributed by atoms with van der Waals surface area (Å²) in [7, 11) is 0. The van der Waals surface area contributed by atoms with Gasteiger partial charge in [0.25, 0.3) is 0 Å². The van der Waals surface area contributed by atoms with E-state index in [4.69, 9.17) is 11.6 Å². The van der Waals surface area contributed by atoms with Crippen LogP contribution in [0.4, 0.5) is 19.0 Å². The van der Waals surface area contributed by atoms with Gasteiger partial charge in [-0.05, 0) is 12.5 Å². The van der Waals surface area contributed by atoms with Gasteiger partial charge in [0.05, 0.1) is 5.69 Å². The molecule has 0 spiro atoms. The van der Waals surface area contributed by atoms with E-state index < -0.39 is 12.0 Å². The van der Waals surface area contributed by atoms with Crippen LogP contribution in [0.3, 0.4) is 0 Å². The first kappa shape index (κ1) is 15.6. The Hall–Kier alpha value is -1.82. The molecule has 1 N–H and O–H groups in total. The zero-order valence-corrected chi connectivity index (χ0v) is 12.0. The van der Waals surface area contributed by atoms with Crippen LogP contribution >= 0.6 is 11.6 Å². The fourth-order valence-corrected chi connectivity index (χ4v) is 1.96. The number of rotatable bonds is 4. The van der Waals surface area contributed by atoms with Crippen LogP contribution in [0.5, 0.6) is 0 Å². The van der Waals surface area contributed by atoms with Gasteiger partial charge in [-0.25, -0.2) is 9.97 Å². The third-order valence-corrected chi connectivity index (χ3v) is 3.02. The highest BCUT2D eigenvalue weighted by Gasteiger charge is 2.35. The molecular weight excluding hydrogens is 303 g/mol. The van der Waals surface area contributed by atoms with Gasteiger partial charge in [-0.1, -0.05) is 36.7 Å². The predicted molar refractivity (Wildman–Crippen MR) is 76.3 cm³/mol. The van der Waals surface area contributed by atoms with Gasteiger partial charge in [0.15, 0.2) is 0 Å². The van der Waals surface area contributed by atoms with Crippen molar-refractivity contribution in [3.63, 3.8) is 0 Å². The molecule has 0 fully saturated rings. The van der Waals surface area contributed by atoms with Gasteiger partial charge in [0, 0.05) is 23.2 Å². The molecule has 112 valence electrons. The molecule has 0 atom stereocenters. The van der Waals surface area contributed by atoms with Crippen molar-refractivity contribution in [3.05, 3.63) is 41.2 Å². The topological polar surface area (TPSA) is 37.8 Å². The van der Waals surface area contributed by atoms with Crippen LogP contribution < -0.4 is 5.32 Å². The quantitative estimate of drug-likeness (QED) is 0.893. The maximum Gasteiger partial charge on any atom is 0.451 e. The van der Waals surface area contributed by atoms with Crippen molar-refractivity contribution in [3.8, 4) is 11.3 Å². The van der Waals surface area contributed by atoms with Crippen LogP contribution in [0.1, 0.15) is 19.2 Å². The average molecular weight is 316 g/mol. The Morgan fingerprint density at radius 1 is 1.19 bits per heavy atom. The largest absolute Gasteiger partial charge is 0.451 e. The van der Waals surface area contributed by atoms with E-state index in [9.17, 15) is 13.2 Å². The minimum atomic E-state index is -4.61. The van der Waals surface area contributed by atoms with E-state index in [2.05, 4.69) is 15.3 Å². The summed E-state index contributed by atoms with van der Waals surface area (Å²) in [5.41, 5.74) is 0.577. The van der Waals surface area contributed by atoms with E-state index in [1.165, 1.54) is 6.07 Å². The molecule has 2 rings (SSSR count). The fraction of sp³-hybridized carbons (Fsp3) is 0.286. The summed E-state index contributed by atoms with van der Waals surface area (Å²) in [6.07, 6.45) is -3.84. The van der Waals surface area contributed by atoms with E-state index >= 15 is 0 Å². The van der Waals surface area contributed by atoms with E-state index in [-0.39, 0.29) is 11.5 Å². The lowest BCUT2D eigenvalue weighted by Gasteiger charge is -2.12. The van der Waals surface area contributed by atoms with E-state index in [1.807, 2.05) is 6.92 Å². The molecule has 3 nitrogen and oxygen atoms in total. The molecule has 0 saturated heterocycles. The number of hydrogen-bond acceptors (Lipinski definition) is 3.